The summed E-state index contributed by atoms with van der Waals surface area (Å²) in [7, 11) is 1.61. The molecule has 0 saturated carbocycles. The van der Waals surface area contributed by atoms with Gasteiger partial charge in [0.15, 0.2) is 0 Å². The summed E-state index contributed by atoms with van der Waals surface area (Å²) in [5.41, 5.74) is 6.60. The van der Waals surface area contributed by atoms with Crippen molar-refractivity contribution < 1.29 is 9.53 Å². The Hall–Kier alpha value is -1.07. The number of nitrogens with zero attached hydrogens (tertiary/aromatic N) is 1. The summed E-state index contributed by atoms with van der Waals surface area (Å²) in [5, 5.41) is 0. The van der Waals surface area contributed by atoms with E-state index in [2.05, 4.69) is 15.9 Å². The van der Waals surface area contributed by atoms with Gasteiger partial charge < -0.3 is 15.4 Å². The molecule has 4 nitrogen and oxygen atoms in total. The smallest absolute Gasteiger partial charge is 0.228 e. The number of carbonyl (C=O) groups excluding carboxylic acids is 1. The summed E-state index contributed by atoms with van der Waals surface area (Å²) in [4.78, 5) is 13.4. The Bertz CT molecular complexity index is 422. The topological polar surface area (TPSA) is 55.6 Å². The van der Waals surface area contributed by atoms with Gasteiger partial charge >= 0.3 is 0 Å². The number of ether oxygens (including phenoxy) is 1. The Morgan fingerprint density at radius 3 is 2.81 bits per heavy atom. The van der Waals surface area contributed by atoms with E-state index in [1.807, 2.05) is 18.2 Å². The zero-order chi connectivity index (χ0) is 11.7. The molecule has 0 aliphatic carbocycles. The van der Waals surface area contributed by atoms with Gasteiger partial charge in [-0.3, -0.25) is 4.79 Å². The van der Waals surface area contributed by atoms with Crippen molar-refractivity contribution in [2.24, 2.45) is 5.73 Å². The van der Waals surface area contributed by atoms with Crippen LogP contribution in [0, 0.1) is 0 Å². The summed E-state index contributed by atoms with van der Waals surface area (Å²) < 4.78 is 5.94. The number of hydrogen-bond acceptors (Lipinski definition) is 3. The van der Waals surface area contributed by atoms with Crippen LogP contribution in [0.2, 0.25) is 0 Å². The largest absolute Gasteiger partial charge is 0.497 e. The van der Waals surface area contributed by atoms with E-state index in [1.165, 1.54) is 0 Å². The van der Waals surface area contributed by atoms with Crippen LogP contribution in [0.1, 0.15) is 6.42 Å². The molecule has 0 bridgehead atoms. The summed E-state index contributed by atoms with van der Waals surface area (Å²) in [6, 6.07) is 5.46. The van der Waals surface area contributed by atoms with E-state index < -0.39 is 0 Å². The normalized spacial score (nSPS) is 20.3. The van der Waals surface area contributed by atoms with Gasteiger partial charge in [0.05, 0.1) is 12.8 Å². The molecule has 5 heteroatoms. The highest BCUT2D eigenvalue weighted by molar-refractivity contribution is 9.10. The lowest BCUT2D eigenvalue weighted by molar-refractivity contribution is -0.117. The van der Waals surface area contributed by atoms with Crippen molar-refractivity contribution in [3.8, 4) is 5.75 Å². The number of benzene rings is 1. The molecule has 2 rings (SSSR count). The number of anilines is 1. The molecule has 86 valence electrons. The van der Waals surface area contributed by atoms with Crippen LogP contribution in [0.5, 0.6) is 5.75 Å². The van der Waals surface area contributed by atoms with Gasteiger partial charge in [0.25, 0.3) is 0 Å². The molecular formula is C11H13BrN2O2. The second-order valence-electron chi connectivity index (χ2n) is 3.79. The van der Waals surface area contributed by atoms with Gasteiger partial charge in [0.1, 0.15) is 5.75 Å². The minimum Gasteiger partial charge on any atom is -0.497 e. The molecule has 1 aromatic rings. The van der Waals surface area contributed by atoms with Crippen LogP contribution in [0.15, 0.2) is 22.7 Å². The SMILES string of the molecule is COc1ccc(N2CC(N)CC2=O)c(Br)c1. The number of carbonyl (C=O) groups is 1. The highest BCUT2D eigenvalue weighted by Gasteiger charge is 2.29. The van der Waals surface area contributed by atoms with Gasteiger partial charge in [0, 0.05) is 23.5 Å². The molecule has 1 amide bonds. The molecule has 1 fully saturated rings. The molecule has 0 spiro atoms. The monoisotopic (exact) mass is 284 g/mol. The van der Waals surface area contributed by atoms with Crippen molar-refractivity contribution >= 4 is 27.5 Å². The molecule has 0 radical (unpaired) electrons. The van der Waals surface area contributed by atoms with Crippen LogP contribution in [-0.2, 0) is 4.79 Å². The van der Waals surface area contributed by atoms with Crippen molar-refractivity contribution in [2.45, 2.75) is 12.5 Å². The lowest BCUT2D eigenvalue weighted by Gasteiger charge is -2.18. The molecule has 0 aromatic heterocycles. The molecule has 2 N–H and O–H groups in total. The number of methoxy groups -OCH3 is 1. The van der Waals surface area contributed by atoms with Gasteiger partial charge in [-0.15, -0.1) is 0 Å². The van der Waals surface area contributed by atoms with Crippen molar-refractivity contribution in [3.63, 3.8) is 0 Å². The molecule has 16 heavy (non-hydrogen) atoms. The second kappa shape index (κ2) is 4.43. The van der Waals surface area contributed by atoms with Crippen LogP contribution in [0.4, 0.5) is 5.69 Å². The Labute approximate surface area is 102 Å². The van der Waals surface area contributed by atoms with E-state index in [0.717, 1.165) is 15.9 Å². The Kier molecular flexibility index (Phi) is 3.16. The quantitative estimate of drug-likeness (QED) is 0.896. The van der Waals surface area contributed by atoms with E-state index in [4.69, 9.17) is 10.5 Å². The van der Waals surface area contributed by atoms with Gasteiger partial charge in [-0.25, -0.2) is 0 Å². The standard InChI is InChI=1S/C11H13BrN2O2/c1-16-8-2-3-10(9(12)5-8)14-6-7(13)4-11(14)15/h2-3,5,7H,4,6,13H2,1H3. The molecule has 1 unspecified atom stereocenters. The van der Waals surface area contributed by atoms with Crippen LogP contribution >= 0.6 is 15.9 Å². The average molecular weight is 285 g/mol. The first-order chi connectivity index (χ1) is 7.61. The van der Waals surface area contributed by atoms with Crippen LogP contribution < -0.4 is 15.4 Å². The molecule has 1 aliphatic rings. The maximum atomic E-state index is 11.7. The number of nitrogens with two attached hydrogens (primary N) is 1. The third-order valence-electron chi connectivity index (χ3n) is 2.60. The lowest BCUT2D eigenvalue weighted by atomic mass is 10.3. The molecule has 1 aliphatic heterocycles. The van der Waals surface area contributed by atoms with Crippen molar-refractivity contribution in [1.29, 1.82) is 0 Å². The fraction of sp³-hybridized carbons (Fsp3) is 0.364. The van der Waals surface area contributed by atoms with Crippen LogP contribution in [-0.4, -0.2) is 25.6 Å². The van der Waals surface area contributed by atoms with Crippen LogP contribution in [0.25, 0.3) is 0 Å². The van der Waals surface area contributed by atoms with E-state index >= 15 is 0 Å². The maximum absolute atomic E-state index is 11.7. The Balaban J connectivity index is 2.30. The predicted molar refractivity (Wildman–Crippen MR) is 65.6 cm³/mol. The van der Waals surface area contributed by atoms with Crippen molar-refractivity contribution in [1.82, 2.24) is 0 Å². The predicted octanol–water partition coefficient (Wildman–Crippen LogP) is 1.52. The number of rotatable bonds is 2. The van der Waals surface area contributed by atoms with E-state index in [-0.39, 0.29) is 11.9 Å². The third kappa shape index (κ3) is 2.05. The Morgan fingerprint density at radius 2 is 2.31 bits per heavy atom. The van der Waals surface area contributed by atoms with Crippen molar-refractivity contribution in [2.75, 3.05) is 18.6 Å². The first-order valence-electron chi connectivity index (χ1n) is 5.01. The molecule has 1 saturated heterocycles. The fourth-order valence-electron chi connectivity index (χ4n) is 1.80. The lowest BCUT2D eigenvalue weighted by Crippen LogP contribution is -2.28. The molecular weight excluding hydrogens is 272 g/mol. The average Bonchev–Trinajstić information content (AvgIpc) is 2.57. The van der Waals surface area contributed by atoms with Gasteiger partial charge in [-0.2, -0.15) is 0 Å². The minimum atomic E-state index is -0.0681. The first kappa shape index (κ1) is 11.4. The fourth-order valence-corrected chi connectivity index (χ4v) is 2.37. The van der Waals surface area contributed by atoms with Gasteiger partial charge in [-0.05, 0) is 34.1 Å². The highest BCUT2D eigenvalue weighted by atomic mass is 79.9. The van der Waals surface area contributed by atoms with E-state index in [0.29, 0.717) is 13.0 Å². The van der Waals surface area contributed by atoms with E-state index in [1.54, 1.807) is 12.0 Å². The molecule has 1 heterocycles. The minimum absolute atomic E-state index is 0.0679. The first-order valence-corrected chi connectivity index (χ1v) is 5.80. The maximum Gasteiger partial charge on any atom is 0.228 e. The highest BCUT2D eigenvalue weighted by Crippen LogP contribution is 2.32. The van der Waals surface area contributed by atoms with Gasteiger partial charge in [0.2, 0.25) is 5.91 Å². The zero-order valence-corrected chi connectivity index (χ0v) is 10.5. The number of amides is 1. The number of halogens is 1. The van der Waals surface area contributed by atoms with Gasteiger partial charge in [-0.1, -0.05) is 0 Å². The number of hydrogen-bond donors (Lipinski definition) is 1. The van der Waals surface area contributed by atoms with E-state index in [9.17, 15) is 4.79 Å². The summed E-state index contributed by atoms with van der Waals surface area (Å²) in [6.07, 6.45) is 0.415. The van der Waals surface area contributed by atoms with Crippen molar-refractivity contribution in [3.05, 3.63) is 22.7 Å². The summed E-state index contributed by atoms with van der Waals surface area (Å²) >= 11 is 3.43. The molecule has 1 aromatic carbocycles. The van der Waals surface area contributed by atoms with Crippen LogP contribution in [0.3, 0.4) is 0 Å². The Morgan fingerprint density at radius 1 is 1.56 bits per heavy atom. The zero-order valence-electron chi connectivity index (χ0n) is 8.94. The second-order valence-corrected chi connectivity index (χ2v) is 4.64. The summed E-state index contributed by atoms with van der Waals surface area (Å²) in [6.45, 7) is 0.573. The third-order valence-corrected chi connectivity index (χ3v) is 3.24. The molecule has 1 atom stereocenters. The summed E-state index contributed by atoms with van der Waals surface area (Å²) in [5.74, 6) is 0.824.